The molecule has 1 atom stereocenters. The number of carbonyl (C=O) groups excluding carboxylic acids is 1. The van der Waals surface area contributed by atoms with E-state index in [0.29, 0.717) is 0 Å². The Kier molecular flexibility index (Phi) is 2.84. The number of hydrogen-bond acceptors (Lipinski definition) is 4. The zero-order valence-corrected chi connectivity index (χ0v) is 10.1. The Hall–Kier alpha value is -2.27. The van der Waals surface area contributed by atoms with Gasteiger partial charge >= 0.3 is 0 Å². The number of aryl methyl sites for hydroxylation is 1. The minimum atomic E-state index is -1.51. The molecule has 0 aliphatic carbocycles. The first-order valence-electron chi connectivity index (χ1n) is 5.55. The quantitative estimate of drug-likeness (QED) is 0.583. The molecule has 0 spiro atoms. The normalized spacial score (nSPS) is 22.8. The van der Waals surface area contributed by atoms with Crippen LogP contribution in [0, 0.1) is 6.92 Å². The standard InChI is InChI=1S/C13H16N4O/c1-8-2-4-9(5-3-8)10-6-11(14)13(16,12(15)18)17-7-10/h2-7,17H,14,16H2,1H3,(H2,15,18). The number of carbonyl (C=O) groups is 1. The summed E-state index contributed by atoms with van der Waals surface area (Å²) >= 11 is 0. The summed E-state index contributed by atoms with van der Waals surface area (Å²) in [7, 11) is 0. The third-order valence-corrected chi connectivity index (χ3v) is 3.00. The van der Waals surface area contributed by atoms with Crippen LogP contribution in [0.4, 0.5) is 0 Å². The molecule has 2 rings (SSSR count). The second kappa shape index (κ2) is 4.19. The van der Waals surface area contributed by atoms with Crippen molar-refractivity contribution >= 4 is 11.5 Å². The molecule has 0 bridgehead atoms. The van der Waals surface area contributed by atoms with Gasteiger partial charge in [-0.2, -0.15) is 0 Å². The fourth-order valence-corrected chi connectivity index (χ4v) is 1.72. The summed E-state index contributed by atoms with van der Waals surface area (Å²) in [6.45, 7) is 2.01. The Morgan fingerprint density at radius 3 is 2.39 bits per heavy atom. The second-order valence-corrected chi connectivity index (χ2v) is 4.38. The van der Waals surface area contributed by atoms with Crippen molar-refractivity contribution in [1.82, 2.24) is 5.32 Å². The van der Waals surface area contributed by atoms with E-state index in [1.165, 1.54) is 5.56 Å². The monoisotopic (exact) mass is 244 g/mol. The smallest absolute Gasteiger partial charge is 0.264 e. The van der Waals surface area contributed by atoms with E-state index in [4.69, 9.17) is 17.2 Å². The van der Waals surface area contributed by atoms with Gasteiger partial charge in [0.05, 0.1) is 5.70 Å². The number of nitrogens with one attached hydrogen (secondary N) is 1. The molecule has 18 heavy (non-hydrogen) atoms. The lowest BCUT2D eigenvalue weighted by Gasteiger charge is -2.30. The number of benzene rings is 1. The maximum atomic E-state index is 11.3. The lowest BCUT2D eigenvalue weighted by atomic mass is 9.96. The minimum Gasteiger partial charge on any atom is -0.399 e. The van der Waals surface area contributed by atoms with Crippen LogP contribution in [0.5, 0.6) is 0 Å². The fourth-order valence-electron chi connectivity index (χ4n) is 1.72. The van der Waals surface area contributed by atoms with E-state index < -0.39 is 11.6 Å². The van der Waals surface area contributed by atoms with Gasteiger partial charge in [0.2, 0.25) is 5.66 Å². The predicted molar refractivity (Wildman–Crippen MR) is 70.7 cm³/mol. The molecule has 1 aromatic carbocycles. The van der Waals surface area contributed by atoms with E-state index in [1.54, 1.807) is 12.3 Å². The Morgan fingerprint density at radius 2 is 1.89 bits per heavy atom. The summed E-state index contributed by atoms with van der Waals surface area (Å²) in [6.07, 6.45) is 3.30. The van der Waals surface area contributed by atoms with Crippen LogP contribution >= 0.6 is 0 Å². The predicted octanol–water partition coefficient (Wildman–Crippen LogP) is -0.0780. The third-order valence-electron chi connectivity index (χ3n) is 3.00. The van der Waals surface area contributed by atoms with Crippen LogP contribution in [-0.2, 0) is 4.79 Å². The fraction of sp³-hybridized carbons (Fsp3) is 0.154. The Labute approximate surface area is 105 Å². The van der Waals surface area contributed by atoms with Crippen molar-refractivity contribution in [2.24, 2.45) is 17.2 Å². The van der Waals surface area contributed by atoms with Gasteiger partial charge in [0.15, 0.2) is 0 Å². The van der Waals surface area contributed by atoms with E-state index >= 15 is 0 Å². The van der Waals surface area contributed by atoms with Crippen LogP contribution in [0.2, 0.25) is 0 Å². The van der Waals surface area contributed by atoms with Crippen LogP contribution in [0.3, 0.4) is 0 Å². The zero-order valence-electron chi connectivity index (χ0n) is 10.1. The van der Waals surface area contributed by atoms with Crippen molar-refractivity contribution in [2.45, 2.75) is 12.6 Å². The lowest BCUT2D eigenvalue weighted by molar-refractivity contribution is -0.122. The molecule has 0 saturated heterocycles. The molecule has 0 saturated carbocycles. The van der Waals surface area contributed by atoms with Gasteiger partial charge in [-0.3, -0.25) is 10.5 Å². The largest absolute Gasteiger partial charge is 0.399 e. The number of nitrogens with two attached hydrogens (primary N) is 3. The van der Waals surface area contributed by atoms with Gasteiger partial charge < -0.3 is 16.8 Å². The van der Waals surface area contributed by atoms with Gasteiger partial charge in [-0.25, -0.2) is 0 Å². The minimum absolute atomic E-state index is 0.202. The van der Waals surface area contributed by atoms with E-state index in [0.717, 1.165) is 11.1 Å². The molecular weight excluding hydrogens is 228 g/mol. The molecule has 7 N–H and O–H groups in total. The SMILES string of the molecule is Cc1ccc(C2=CNC(N)(C(N)=O)C(N)=C2)cc1. The number of dihydropyridines is 1. The van der Waals surface area contributed by atoms with Crippen molar-refractivity contribution < 1.29 is 4.79 Å². The molecule has 1 aliphatic heterocycles. The summed E-state index contributed by atoms with van der Waals surface area (Å²) in [6, 6.07) is 7.94. The van der Waals surface area contributed by atoms with Crippen molar-refractivity contribution in [1.29, 1.82) is 0 Å². The molecule has 0 radical (unpaired) electrons. The lowest BCUT2D eigenvalue weighted by Crippen LogP contribution is -2.64. The highest BCUT2D eigenvalue weighted by Crippen LogP contribution is 2.22. The molecule has 94 valence electrons. The molecule has 1 amide bonds. The number of rotatable bonds is 2. The maximum absolute atomic E-state index is 11.3. The molecule has 0 fully saturated rings. The van der Waals surface area contributed by atoms with Gasteiger partial charge in [-0.05, 0) is 24.1 Å². The average molecular weight is 244 g/mol. The van der Waals surface area contributed by atoms with Crippen LogP contribution < -0.4 is 22.5 Å². The van der Waals surface area contributed by atoms with Crippen molar-refractivity contribution in [3.63, 3.8) is 0 Å². The van der Waals surface area contributed by atoms with Gasteiger partial charge in [-0.15, -0.1) is 0 Å². The molecule has 0 aromatic heterocycles. The summed E-state index contributed by atoms with van der Waals surface area (Å²) in [4.78, 5) is 11.3. The van der Waals surface area contributed by atoms with Gasteiger partial charge in [0.25, 0.3) is 5.91 Å². The zero-order chi connectivity index (χ0) is 13.3. The maximum Gasteiger partial charge on any atom is 0.264 e. The first-order chi connectivity index (χ1) is 8.43. The Bertz CT molecular complexity index is 545. The second-order valence-electron chi connectivity index (χ2n) is 4.38. The molecule has 1 aliphatic rings. The Balaban J connectivity index is 2.33. The van der Waals surface area contributed by atoms with Crippen molar-refractivity contribution in [3.05, 3.63) is 53.4 Å². The average Bonchev–Trinajstić information content (AvgIpc) is 2.33. The van der Waals surface area contributed by atoms with Gasteiger partial charge in [-0.1, -0.05) is 29.8 Å². The van der Waals surface area contributed by atoms with E-state index in [1.807, 2.05) is 31.2 Å². The van der Waals surface area contributed by atoms with Crippen LogP contribution in [-0.4, -0.2) is 11.6 Å². The summed E-state index contributed by atoms with van der Waals surface area (Å²) in [5.41, 5.74) is 18.5. The van der Waals surface area contributed by atoms with Crippen LogP contribution in [0.25, 0.3) is 5.57 Å². The summed E-state index contributed by atoms with van der Waals surface area (Å²) in [5.74, 6) is -0.713. The summed E-state index contributed by atoms with van der Waals surface area (Å²) < 4.78 is 0. The van der Waals surface area contributed by atoms with Crippen molar-refractivity contribution in [2.75, 3.05) is 0 Å². The Morgan fingerprint density at radius 1 is 1.28 bits per heavy atom. The molecule has 1 aromatic rings. The van der Waals surface area contributed by atoms with Crippen molar-refractivity contribution in [3.8, 4) is 0 Å². The number of allylic oxidation sites excluding steroid dienone is 2. The van der Waals surface area contributed by atoms with E-state index in [9.17, 15) is 4.79 Å². The molecule has 1 unspecified atom stereocenters. The number of amides is 1. The molecular formula is C13H16N4O. The highest BCUT2D eigenvalue weighted by molar-refractivity contribution is 5.90. The van der Waals surface area contributed by atoms with Gasteiger partial charge in [0, 0.05) is 6.20 Å². The highest BCUT2D eigenvalue weighted by atomic mass is 16.2. The highest BCUT2D eigenvalue weighted by Gasteiger charge is 2.36. The third kappa shape index (κ3) is 1.96. The van der Waals surface area contributed by atoms with Gasteiger partial charge in [0.1, 0.15) is 0 Å². The first-order valence-corrected chi connectivity index (χ1v) is 5.55. The number of primary amides is 1. The molecule has 1 heterocycles. The van der Waals surface area contributed by atoms with E-state index in [2.05, 4.69) is 5.32 Å². The topological polar surface area (TPSA) is 107 Å². The number of hydrogen-bond donors (Lipinski definition) is 4. The molecule has 5 heteroatoms. The van der Waals surface area contributed by atoms with Crippen LogP contribution in [0.1, 0.15) is 11.1 Å². The van der Waals surface area contributed by atoms with E-state index in [-0.39, 0.29) is 5.70 Å². The first kappa shape index (κ1) is 12.2. The van der Waals surface area contributed by atoms with Crippen LogP contribution in [0.15, 0.2) is 42.2 Å². The summed E-state index contributed by atoms with van der Waals surface area (Å²) in [5, 5.41) is 2.76. The molecule has 5 nitrogen and oxygen atoms in total.